The van der Waals surface area contributed by atoms with E-state index in [2.05, 4.69) is 26.6 Å². The van der Waals surface area contributed by atoms with Crippen LogP contribution < -0.4 is 10.6 Å². The highest BCUT2D eigenvalue weighted by molar-refractivity contribution is 9.10. The molecule has 3 aromatic carbocycles. The van der Waals surface area contributed by atoms with Gasteiger partial charge in [-0.2, -0.15) is 0 Å². The van der Waals surface area contributed by atoms with Crippen LogP contribution in [0.25, 0.3) is 22.1 Å². The average molecular weight is 481 g/mol. The number of aliphatic hydroxyl groups is 1. The molecular weight excluding hydrogens is 464 g/mol. The summed E-state index contributed by atoms with van der Waals surface area (Å²) < 4.78 is 6.46. The molecule has 1 aromatic heterocycles. The van der Waals surface area contributed by atoms with Crippen molar-refractivity contribution in [3.8, 4) is 11.3 Å². The molecule has 30 heavy (non-hydrogen) atoms. The molecule has 7 heteroatoms. The number of rotatable bonds is 4. The van der Waals surface area contributed by atoms with E-state index in [4.69, 9.17) is 21.7 Å². The molecule has 0 unspecified atom stereocenters. The Balaban J connectivity index is 1.45. The Morgan fingerprint density at radius 2 is 1.70 bits per heavy atom. The number of aliphatic hydroxyl groups excluding tert-OH is 1. The second-order valence-corrected chi connectivity index (χ2v) is 7.81. The number of carbonyl (C=O) groups is 1. The van der Waals surface area contributed by atoms with Crippen LogP contribution >= 0.6 is 28.1 Å². The van der Waals surface area contributed by atoms with Crippen LogP contribution in [0.15, 0.2) is 81.7 Å². The summed E-state index contributed by atoms with van der Waals surface area (Å²) >= 11 is 8.82. The molecule has 3 N–H and O–H groups in total. The highest BCUT2D eigenvalue weighted by Gasteiger charge is 2.13. The van der Waals surface area contributed by atoms with Gasteiger partial charge in [0.05, 0.1) is 0 Å². The first-order valence-electron chi connectivity index (χ1n) is 9.15. The summed E-state index contributed by atoms with van der Waals surface area (Å²) in [6.45, 7) is -0.138. The zero-order valence-corrected chi connectivity index (χ0v) is 18.1. The number of benzene rings is 3. The van der Waals surface area contributed by atoms with E-state index < -0.39 is 0 Å². The van der Waals surface area contributed by atoms with E-state index in [0.717, 1.165) is 26.5 Å². The van der Waals surface area contributed by atoms with Crippen molar-refractivity contribution in [2.75, 3.05) is 5.32 Å². The number of halogens is 1. The first kappa shape index (κ1) is 20.3. The lowest BCUT2D eigenvalue weighted by Gasteiger charge is -2.12. The molecule has 4 aromatic rings. The topological polar surface area (TPSA) is 74.5 Å². The Hall–Kier alpha value is -3.00. The highest BCUT2D eigenvalue weighted by Crippen LogP contribution is 2.26. The van der Waals surface area contributed by atoms with Crippen LogP contribution in [0.1, 0.15) is 16.1 Å². The Bertz CT molecular complexity index is 1230. The van der Waals surface area contributed by atoms with Crippen molar-refractivity contribution < 1.29 is 14.3 Å². The van der Waals surface area contributed by atoms with Crippen molar-refractivity contribution >= 4 is 55.6 Å². The number of nitrogens with one attached hydrogen (secondary N) is 2. The third-order valence-electron chi connectivity index (χ3n) is 4.59. The minimum absolute atomic E-state index is 0.138. The van der Waals surface area contributed by atoms with Gasteiger partial charge in [0.15, 0.2) is 5.11 Å². The van der Waals surface area contributed by atoms with Gasteiger partial charge in [0.25, 0.3) is 5.91 Å². The number of thiocarbonyl (C=S) groups is 1. The summed E-state index contributed by atoms with van der Waals surface area (Å²) in [6, 6.07) is 22.3. The van der Waals surface area contributed by atoms with Gasteiger partial charge in [-0.15, -0.1) is 0 Å². The van der Waals surface area contributed by atoms with Crippen molar-refractivity contribution in [1.82, 2.24) is 5.32 Å². The SMILES string of the molecule is O=C(NC(=S)Nc1ccc(-c2ccc(CO)o2)cc1)c1cccc2c(Br)cccc12. The van der Waals surface area contributed by atoms with Gasteiger partial charge in [0.1, 0.15) is 18.1 Å². The third kappa shape index (κ3) is 4.28. The largest absolute Gasteiger partial charge is 0.459 e. The fourth-order valence-electron chi connectivity index (χ4n) is 3.14. The quantitative estimate of drug-likeness (QED) is 0.337. The predicted octanol–water partition coefficient (Wildman–Crippen LogP) is 5.48. The lowest BCUT2D eigenvalue weighted by atomic mass is 10.0. The predicted molar refractivity (Wildman–Crippen MR) is 125 cm³/mol. The van der Waals surface area contributed by atoms with E-state index in [9.17, 15) is 4.79 Å². The Morgan fingerprint density at radius 3 is 2.43 bits per heavy atom. The summed E-state index contributed by atoms with van der Waals surface area (Å²) in [7, 11) is 0. The number of amides is 1. The number of fused-ring (bicyclic) bond motifs is 1. The highest BCUT2D eigenvalue weighted by atomic mass is 79.9. The molecule has 0 bridgehead atoms. The zero-order chi connectivity index (χ0) is 21.1. The molecule has 0 aliphatic carbocycles. The van der Waals surface area contributed by atoms with Crippen molar-refractivity contribution in [2.24, 2.45) is 0 Å². The molecule has 0 saturated heterocycles. The Kier molecular flexibility index (Phi) is 5.94. The second kappa shape index (κ2) is 8.79. The maximum atomic E-state index is 12.8. The summed E-state index contributed by atoms with van der Waals surface area (Å²) in [5.41, 5.74) is 2.15. The van der Waals surface area contributed by atoms with E-state index in [1.54, 1.807) is 18.2 Å². The van der Waals surface area contributed by atoms with E-state index in [0.29, 0.717) is 17.1 Å². The molecule has 0 fully saturated rings. The van der Waals surface area contributed by atoms with Gasteiger partial charge in [0, 0.05) is 21.3 Å². The first-order valence-corrected chi connectivity index (χ1v) is 10.3. The molecule has 150 valence electrons. The third-order valence-corrected chi connectivity index (χ3v) is 5.48. The molecule has 0 radical (unpaired) electrons. The number of furan rings is 1. The number of anilines is 1. The van der Waals surface area contributed by atoms with Gasteiger partial charge >= 0.3 is 0 Å². The van der Waals surface area contributed by atoms with E-state index in [1.165, 1.54) is 0 Å². The van der Waals surface area contributed by atoms with Crippen molar-refractivity contribution in [1.29, 1.82) is 0 Å². The fourth-order valence-corrected chi connectivity index (χ4v) is 3.85. The van der Waals surface area contributed by atoms with Gasteiger partial charge in [-0.25, -0.2) is 0 Å². The normalized spacial score (nSPS) is 10.7. The minimum atomic E-state index is -0.278. The number of hydrogen-bond acceptors (Lipinski definition) is 4. The Labute approximate surface area is 186 Å². The molecule has 0 atom stereocenters. The van der Waals surface area contributed by atoms with E-state index >= 15 is 0 Å². The smallest absolute Gasteiger partial charge is 0.258 e. The molecule has 1 amide bonds. The second-order valence-electron chi connectivity index (χ2n) is 6.55. The van der Waals surface area contributed by atoms with Crippen LogP contribution in [-0.4, -0.2) is 16.1 Å². The van der Waals surface area contributed by atoms with Gasteiger partial charge < -0.3 is 14.8 Å². The Morgan fingerprint density at radius 1 is 0.967 bits per heavy atom. The van der Waals surface area contributed by atoms with Crippen LogP contribution in [0.2, 0.25) is 0 Å². The monoisotopic (exact) mass is 480 g/mol. The maximum absolute atomic E-state index is 12.8. The molecule has 0 saturated carbocycles. The van der Waals surface area contributed by atoms with Crippen LogP contribution in [0, 0.1) is 0 Å². The summed E-state index contributed by atoms with van der Waals surface area (Å²) in [5, 5.41) is 16.9. The summed E-state index contributed by atoms with van der Waals surface area (Å²) in [4.78, 5) is 12.8. The van der Waals surface area contributed by atoms with Crippen LogP contribution in [-0.2, 0) is 6.61 Å². The standard InChI is InChI=1S/C23H17BrN2O3S/c24-20-6-2-3-17-18(20)4-1-5-19(17)22(28)26-23(30)25-15-9-7-14(8-10-15)21-12-11-16(13-27)29-21/h1-12,27H,13H2,(H2,25,26,28,30). The van der Waals surface area contributed by atoms with Gasteiger partial charge in [-0.3, -0.25) is 10.1 Å². The van der Waals surface area contributed by atoms with Crippen LogP contribution in [0.4, 0.5) is 5.69 Å². The van der Waals surface area contributed by atoms with Crippen LogP contribution in [0.3, 0.4) is 0 Å². The number of carbonyl (C=O) groups excluding carboxylic acids is 1. The number of hydrogen-bond donors (Lipinski definition) is 3. The molecule has 0 aliphatic rings. The summed E-state index contributed by atoms with van der Waals surface area (Å²) in [5.74, 6) is 0.903. The molecule has 4 rings (SSSR count). The van der Waals surface area contributed by atoms with Gasteiger partial charge in [-0.1, -0.05) is 40.2 Å². The zero-order valence-electron chi connectivity index (χ0n) is 15.7. The lowest BCUT2D eigenvalue weighted by Crippen LogP contribution is -2.34. The molecule has 5 nitrogen and oxygen atoms in total. The van der Waals surface area contributed by atoms with Crippen LogP contribution in [0.5, 0.6) is 0 Å². The van der Waals surface area contributed by atoms with Gasteiger partial charge in [0.2, 0.25) is 0 Å². The maximum Gasteiger partial charge on any atom is 0.258 e. The fraction of sp³-hybridized carbons (Fsp3) is 0.0435. The summed E-state index contributed by atoms with van der Waals surface area (Å²) in [6.07, 6.45) is 0. The van der Waals surface area contributed by atoms with Gasteiger partial charge in [-0.05, 0) is 71.5 Å². The minimum Gasteiger partial charge on any atom is -0.459 e. The lowest BCUT2D eigenvalue weighted by molar-refractivity contribution is 0.0979. The van der Waals surface area contributed by atoms with Crippen molar-refractivity contribution in [2.45, 2.75) is 6.61 Å². The van der Waals surface area contributed by atoms with E-state index in [-0.39, 0.29) is 17.6 Å². The van der Waals surface area contributed by atoms with Crippen molar-refractivity contribution in [3.63, 3.8) is 0 Å². The first-order chi connectivity index (χ1) is 14.5. The molecule has 1 heterocycles. The average Bonchev–Trinajstić information content (AvgIpc) is 3.23. The molecule has 0 spiro atoms. The molecular formula is C23H17BrN2O3S. The molecule has 0 aliphatic heterocycles. The van der Waals surface area contributed by atoms with Crippen molar-refractivity contribution in [3.05, 3.63) is 88.6 Å². The van der Waals surface area contributed by atoms with E-state index in [1.807, 2.05) is 54.6 Å².